The number of imidazole rings is 1. The van der Waals surface area contributed by atoms with Crippen LogP contribution < -0.4 is 0 Å². The normalized spacial score (nSPS) is 12.3. The Morgan fingerprint density at radius 3 is 2.79 bits per heavy atom. The summed E-state index contributed by atoms with van der Waals surface area (Å²) in [7, 11) is 0. The average Bonchev–Trinajstić information content (AvgIpc) is 2.98. The summed E-state index contributed by atoms with van der Waals surface area (Å²) in [5.74, 6) is 0.0169. The number of fused-ring (bicyclic) bond motifs is 1. The van der Waals surface area contributed by atoms with Gasteiger partial charge in [-0.3, -0.25) is 9.78 Å². The predicted molar refractivity (Wildman–Crippen MR) is 93.8 cm³/mol. The molecule has 0 aromatic carbocycles. The van der Waals surface area contributed by atoms with Crippen molar-refractivity contribution < 1.29 is 4.79 Å². The maximum absolute atomic E-state index is 13.1. The van der Waals surface area contributed by atoms with E-state index >= 15 is 0 Å². The monoisotopic (exact) mass is 322 g/mol. The molecule has 0 bridgehead atoms. The third-order valence-electron chi connectivity index (χ3n) is 4.26. The van der Waals surface area contributed by atoms with Crippen molar-refractivity contribution in [3.8, 4) is 0 Å². The lowest BCUT2D eigenvalue weighted by molar-refractivity contribution is 0.0668. The molecule has 3 aromatic rings. The topological polar surface area (TPSA) is 50.5 Å². The molecule has 5 nitrogen and oxygen atoms in total. The number of amides is 1. The number of nitrogens with zero attached hydrogens (tertiary/aromatic N) is 4. The lowest BCUT2D eigenvalue weighted by Gasteiger charge is -2.28. The van der Waals surface area contributed by atoms with Crippen LogP contribution in [0.1, 0.15) is 42.0 Å². The Kier molecular flexibility index (Phi) is 4.60. The van der Waals surface area contributed by atoms with Crippen LogP contribution in [0.4, 0.5) is 0 Å². The Morgan fingerprint density at radius 2 is 2.08 bits per heavy atom. The first-order chi connectivity index (χ1) is 11.6. The highest BCUT2D eigenvalue weighted by molar-refractivity contribution is 5.94. The van der Waals surface area contributed by atoms with Crippen molar-refractivity contribution in [3.05, 3.63) is 65.9 Å². The number of aromatic nitrogens is 3. The summed E-state index contributed by atoms with van der Waals surface area (Å²) in [5.41, 5.74) is 3.34. The van der Waals surface area contributed by atoms with Gasteiger partial charge in [-0.25, -0.2) is 4.98 Å². The van der Waals surface area contributed by atoms with Crippen LogP contribution in [0, 0.1) is 6.92 Å². The molecule has 124 valence electrons. The molecule has 0 aliphatic carbocycles. The van der Waals surface area contributed by atoms with Crippen LogP contribution in [0.3, 0.4) is 0 Å². The Morgan fingerprint density at radius 1 is 1.25 bits per heavy atom. The van der Waals surface area contributed by atoms with Crippen molar-refractivity contribution in [3.63, 3.8) is 0 Å². The van der Waals surface area contributed by atoms with E-state index in [-0.39, 0.29) is 11.9 Å². The van der Waals surface area contributed by atoms with Gasteiger partial charge in [-0.15, -0.1) is 0 Å². The van der Waals surface area contributed by atoms with E-state index in [1.54, 1.807) is 6.20 Å². The fourth-order valence-electron chi connectivity index (χ4n) is 2.73. The van der Waals surface area contributed by atoms with Crippen LogP contribution in [0.15, 0.2) is 48.9 Å². The Labute approximate surface area is 142 Å². The van der Waals surface area contributed by atoms with Crippen molar-refractivity contribution >= 4 is 11.6 Å². The number of carbonyl (C=O) groups excluding carboxylic acids is 1. The van der Waals surface area contributed by atoms with Crippen molar-refractivity contribution in [2.24, 2.45) is 0 Å². The minimum absolute atomic E-state index is 0.0169. The fourth-order valence-corrected chi connectivity index (χ4v) is 2.73. The van der Waals surface area contributed by atoms with Gasteiger partial charge < -0.3 is 9.30 Å². The highest BCUT2D eigenvalue weighted by atomic mass is 16.2. The van der Waals surface area contributed by atoms with E-state index in [9.17, 15) is 4.79 Å². The van der Waals surface area contributed by atoms with Gasteiger partial charge in [0.1, 0.15) is 5.65 Å². The lowest BCUT2D eigenvalue weighted by atomic mass is 10.1. The number of pyridine rings is 2. The van der Waals surface area contributed by atoms with Gasteiger partial charge >= 0.3 is 0 Å². The molecule has 1 unspecified atom stereocenters. The molecule has 0 saturated carbocycles. The average molecular weight is 322 g/mol. The van der Waals surface area contributed by atoms with Gasteiger partial charge in [0, 0.05) is 24.6 Å². The van der Waals surface area contributed by atoms with Gasteiger partial charge in [0.15, 0.2) is 0 Å². The van der Waals surface area contributed by atoms with Crippen LogP contribution in [0.2, 0.25) is 0 Å². The standard InChI is InChI=1S/C19H22N4O/c1-4-15(3)23(13-17-7-5-6-10-20-17)19(24)16-8-9-18-21-14(2)11-22(18)12-16/h5-12,15H,4,13H2,1-3H3. The molecule has 0 aliphatic rings. The summed E-state index contributed by atoms with van der Waals surface area (Å²) in [6, 6.07) is 9.65. The molecule has 3 aromatic heterocycles. The Hall–Kier alpha value is -2.69. The molecule has 0 saturated heterocycles. The molecule has 1 atom stereocenters. The van der Waals surface area contributed by atoms with Crippen molar-refractivity contribution in [1.29, 1.82) is 0 Å². The minimum atomic E-state index is 0.0169. The van der Waals surface area contributed by atoms with E-state index in [0.717, 1.165) is 23.5 Å². The second-order valence-electron chi connectivity index (χ2n) is 6.08. The van der Waals surface area contributed by atoms with E-state index in [0.29, 0.717) is 12.1 Å². The summed E-state index contributed by atoms with van der Waals surface area (Å²) in [6.07, 6.45) is 6.43. The van der Waals surface area contributed by atoms with Gasteiger partial charge in [0.2, 0.25) is 0 Å². The summed E-state index contributed by atoms with van der Waals surface area (Å²) < 4.78 is 1.90. The van der Waals surface area contributed by atoms with Crippen LogP contribution in [0.25, 0.3) is 5.65 Å². The summed E-state index contributed by atoms with van der Waals surface area (Å²) in [4.78, 5) is 23.7. The number of carbonyl (C=O) groups is 1. The first-order valence-electron chi connectivity index (χ1n) is 8.24. The van der Waals surface area contributed by atoms with Crippen molar-refractivity contribution in [2.45, 2.75) is 39.8 Å². The van der Waals surface area contributed by atoms with Gasteiger partial charge in [0.25, 0.3) is 5.91 Å². The molecule has 1 amide bonds. The van der Waals surface area contributed by atoms with E-state index in [2.05, 4.69) is 23.8 Å². The zero-order valence-corrected chi connectivity index (χ0v) is 14.3. The molecule has 0 aliphatic heterocycles. The van der Waals surface area contributed by atoms with Gasteiger partial charge in [-0.1, -0.05) is 13.0 Å². The third-order valence-corrected chi connectivity index (χ3v) is 4.26. The quantitative estimate of drug-likeness (QED) is 0.722. The summed E-state index contributed by atoms with van der Waals surface area (Å²) in [6.45, 7) is 6.61. The molecule has 0 fully saturated rings. The first kappa shape index (κ1) is 16.2. The van der Waals surface area contributed by atoms with E-state index in [1.807, 2.05) is 58.9 Å². The van der Waals surface area contributed by atoms with Crippen LogP contribution in [0.5, 0.6) is 0 Å². The van der Waals surface area contributed by atoms with Gasteiger partial charge in [-0.2, -0.15) is 0 Å². The number of hydrogen-bond donors (Lipinski definition) is 0. The number of aryl methyl sites for hydroxylation is 1. The maximum atomic E-state index is 13.1. The number of hydrogen-bond acceptors (Lipinski definition) is 3. The van der Waals surface area contributed by atoms with Gasteiger partial charge in [0.05, 0.1) is 23.5 Å². The van der Waals surface area contributed by atoms with E-state index in [1.165, 1.54) is 0 Å². The highest BCUT2D eigenvalue weighted by Gasteiger charge is 2.21. The van der Waals surface area contributed by atoms with E-state index < -0.39 is 0 Å². The SMILES string of the molecule is CCC(C)N(Cc1ccccn1)C(=O)c1ccc2nc(C)cn2c1. The molecule has 0 radical (unpaired) electrons. The Balaban J connectivity index is 1.91. The van der Waals surface area contributed by atoms with Crippen molar-refractivity contribution in [2.75, 3.05) is 0 Å². The second kappa shape index (κ2) is 6.83. The highest BCUT2D eigenvalue weighted by Crippen LogP contribution is 2.15. The summed E-state index contributed by atoms with van der Waals surface area (Å²) >= 11 is 0. The minimum Gasteiger partial charge on any atom is -0.330 e. The predicted octanol–water partition coefficient (Wildman–Crippen LogP) is 3.48. The zero-order chi connectivity index (χ0) is 17.1. The Bertz CT molecular complexity index is 841. The second-order valence-corrected chi connectivity index (χ2v) is 6.08. The molecule has 24 heavy (non-hydrogen) atoms. The van der Waals surface area contributed by atoms with Crippen LogP contribution in [-0.2, 0) is 6.54 Å². The van der Waals surface area contributed by atoms with Crippen LogP contribution in [-0.4, -0.2) is 31.2 Å². The molecule has 3 heterocycles. The lowest BCUT2D eigenvalue weighted by Crippen LogP contribution is -2.38. The maximum Gasteiger partial charge on any atom is 0.255 e. The number of rotatable bonds is 5. The molecule has 5 heteroatoms. The molecule has 0 N–H and O–H groups in total. The van der Waals surface area contributed by atoms with E-state index in [4.69, 9.17) is 0 Å². The van der Waals surface area contributed by atoms with Gasteiger partial charge in [-0.05, 0) is 44.5 Å². The largest absolute Gasteiger partial charge is 0.330 e. The molecule has 3 rings (SSSR count). The van der Waals surface area contributed by atoms with Crippen molar-refractivity contribution in [1.82, 2.24) is 19.3 Å². The molecular weight excluding hydrogens is 300 g/mol. The first-order valence-corrected chi connectivity index (χ1v) is 8.24. The summed E-state index contributed by atoms with van der Waals surface area (Å²) in [5, 5.41) is 0. The molecular formula is C19H22N4O. The molecule has 0 spiro atoms. The third kappa shape index (κ3) is 3.30. The fraction of sp³-hybridized carbons (Fsp3) is 0.316. The zero-order valence-electron chi connectivity index (χ0n) is 14.3. The van der Waals surface area contributed by atoms with Crippen LogP contribution >= 0.6 is 0 Å². The smallest absolute Gasteiger partial charge is 0.255 e.